The molecule has 0 saturated carbocycles. The van der Waals surface area contributed by atoms with Crippen LogP contribution in [0.2, 0.25) is 0 Å². The average Bonchev–Trinajstić information content (AvgIpc) is 2.48. The molecule has 1 fully saturated rings. The lowest BCUT2D eigenvalue weighted by molar-refractivity contribution is -0.130. The first-order valence-corrected chi connectivity index (χ1v) is 4.34. The molecule has 0 bridgehead atoms. The molecule has 70 valence electrons. The molecule has 0 aromatic heterocycles. The van der Waals surface area contributed by atoms with Crippen molar-refractivity contribution in [3.8, 4) is 0 Å². The zero-order chi connectivity index (χ0) is 9.42. The van der Waals surface area contributed by atoms with Gasteiger partial charge in [-0.3, -0.25) is 4.79 Å². The van der Waals surface area contributed by atoms with Gasteiger partial charge < -0.3 is 4.74 Å². The van der Waals surface area contributed by atoms with E-state index in [1.54, 1.807) is 0 Å². The Bertz CT molecular complexity index is 285. The minimum atomic E-state index is -0.502. The van der Waals surface area contributed by atoms with Gasteiger partial charge in [0, 0.05) is 25.8 Å². The van der Waals surface area contributed by atoms with Crippen molar-refractivity contribution in [1.82, 2.24) is 4.90 Å². The van der Waals surface area contributed by atoms with Crippen LogP contribution in [0, 0.1) is 5.92 Å². The topological polar surface area (TPSA) is 46.6 Å². The van der Waals surface area contributed by atoms with Crippen molar-refractivity contribution in [2.24, 2.45) is 5.92 Å². The van der Waals surface area contributed by atoms with E-state index in [-0.39, 0.29) is 17.9 Å². The maximum Gasteiger partial charge on any atom is 0.416 e. The van der Waals surface area contributed by atoms with Gasteiger partial charge in [-0.1, -0.05) is 12.2 Å². The normalized spacial score (nSPS) is 31.5. The smallest absolute Gasteiger partial charge is 0.416 e. The van der Waals surface area contributed by atoms with Gasteiger partial charge >= 0.3 is 6.09 Å². The maximum atomic E-state index is 11.2. The Hall–Kier alpha value is -1.32. The average molecular weight is 181 g/mol. The van der Waals surface area contributed by atoms with Crippen LogP contribution in [0.5, 0.6) is 0 Å². The van der Waals surface area contributed by atoms with Gasteiger partial charge in [0.25, 0.3) is 0 Å². The first-order chi connectivity index (χ1) is 6.18. The van der Waals surface area contributed by atoms with E-state index < -0.39 is 6.09 Å². The summed E-state index contributed by atoms with van der Waals surface area (Å²) in [4.78, 5) is 23.4. The highest BCUT2D eigenvalue weighted by atomic mass is 16.6. The molecule has 0 radical (unpaired) electrons. The summed E-state index contributed by atoms with van der Waals surface area (Å²) in [7, 11) is 0. The number of carbonyl (C=O) groups excluding carboxylic acids is 2. The second-order valence-electron chi connectivity index (χ2n) is 3.38. The Morgan fingerprint density at radius 3 is 3.15 bits per heavy atom. The Labute approximate surface area is 76.2 Å². The molecular formula is C9H11NO3. The molecule has 13 heavy (non-hydrogen) atoms. The van der Waals surface area contributed by atoms with Crippen LogP contribution in [-0.4, -0.2) is 29.5 Å². The zero-order valence-corrected chi connectivity index (χ0v) is 7.40. The summed E-state index contributed by atoms with van der Waals surface area (Å²) < 4.78 is 5.09. The molecule has 0 aromatic carbocycles. The molecule has 0 aromatic rings. The van der Waals surface area contributed by atoms with E-state index in [4.69, 9.17) is 4.74 Å². The first-order valence-electron chi connectivity index (χ1n) is 4.34. The monoisotopic (exact) mass is 181 g/mol. The quantitative estimate of drug-likeness (QED) is 0.522. The SMILES string of the molecule is CC(=O)N1C[C@@H]2C=CC[C@@H]2OC1=O. The number of nitrogens with zero attached hydrogens (tertiary/aromatic N) is 1. The van der Waals surface area contributed by atoms with Gasteiger partial charge in [0.1, 0.15) is 6.10 Å². The fraction of sp³-hybridized carbons (Fsp3) is 0.556. The van der Waals surface area contributed by atoms with Crippen LogP contribution < -0.4 is 0 Å². The summed E-state index contributed by atoms with van der Waals surface area (Å²) >= 11 is 0. The van der Waals surface area contributed by atoms with E-state index in [1.807, 2.05) is 12.2 Å². The lowest BCUT2D eigenvalue weighted by atomic mass is 10.0. The highest BCUT2D eigenvalue weighted by Crippen LogP contribution is 2.27. The Balaban J connectivity index is 2.13. The van der Waals surface area contributed by atoms with Gasteiger partial charge in [0.05, 0.1) is 0 Å². The minimum Gasteiger partial charge on any atom is -0.445 e. The number of ether oxygens (including phenoxy) is 1. The van der Waals surface area contributed by atoms with Crippen LogP contribution in [0.4, 0.5) is 4.79 Å². The molecule has 4 nitrogen and oxygen atoms in total. The van der Waals surface area contributed by atoms with Crippen molar-refractivity contribution in [2.75, 3.05) is 6.54 Å². The van der Waals surface area contributed by atoms with Gasteiger partial charge in [-0.2, -0.15) is 0 Å². The largest absolute Gasteiger partial charge is 0.445 e. The van der Waals surface area contributed by atoms with Crippen molar-refractivity contribution < 1.29 is 14.3 Å². The second kappa shape index (κ2) is 2.87. The van der Waals surface area contributed by atoms with Crippen LogP contribution in [0.3, 0.4) is 0 Å². The molecule has 2 amide bonds. The molecule has 0 unspecified atom stereocenters. The van der Waals surface area contributed by atoms with Crippen LogP contribution in [0.25, 0.3) is 0 Å². The third-order valence-corrected chi connectivity index (χ3v) is 2.48. The van der Waals surface area contributed by atoms with Gasteiger partial charge in [-0.05, 0) is 0 Å². The second-order valence-corrected chi connectivity index (χ2v) is 3.38. The molecule has 2 atom stereocenters. The van der Waals surface area contributed by atoms with E-state index in [1.165, 1.54) is 6.92 Å². The summed E-state index contributed by atoms with van der Waals surface area (Å²) in [5.74, 6) is -0.0506. The summed E-state index contributed by atoms with van der Waals surface area (Å²) in [6.45, 7) is 1.84. The van der Waals surface area contributed by atoms with E-state index in [0.29, 0.717) is 6.54 Å². The highest BCUT2D eigenvalue weighted by Gasteiger charge is 2.37. The predicted octanol–water partition coefficient (Wildman–Crippen LogP) is 0.930. The predicted molar refractivity (Wildman–Crippen MR) is 44.9 cm³/mol. The summed E-state index contributed by atoms with van der Waals surface area (Å²) in [5.41, 5.74) is 0. The van der Waals surface area contributed by atoms with Crippen molar-refractivity contribution in [2.45, 2.75) is 19.4 Å². The van der Waals surface area contributed by atoms with Crippen LogP contribution in [-0.2, 0) is 9.53 Å². The fourth-order valence-electron chi connectivity index (χ4n) is 1.74. The maximum absolute atomic E-state index is 11.2. The van der Waals surface area contributed by atoms with E-state index in [2.05, 4.69) is 0 Å². The fourth-order valence-corrected chi connectivity index (χ4v) is 1.74. The minimum absolute atomic E-state index is 0.0388. The van der Waals surface area contributed by atoms with E-state index in [0.717, 1.165) is 11.3 Å². The lowest BCUT2D eigenvalue weighted by Gasteiger charge is -2.32. The van der Waals surface area contributed by atoms with Crippen molar-refractivity contribution >= 4 is 12.0 Å². The first kappa shape index (κ1) is 8.29. The van der Waals surface area contributed by atoms with Crippen molar-refractivity contribution in [1.29, 1.82) is 0 Å². The third-order valence-electron chi connectivity index (χ3n) is 2.48. The molecular weight excluding hydrogens is 170 g/mol. The number of fused-ring (bicyclic) bond motifs is 1. The number of carbonyl (C=O) groups is 2. The number of hydrogen-bond acceptors (Lipinski definition) is 3. The molecule has 0 N–H and O–H groups in total. The van der Waals surface area contributed by atoms with Crippen molar-refractivity contribution in [3.05, 3.63) is 12.2 Å². The van der Waals surface area contributed by atoms with E-state index >= 15 is 0 Å². The van der Waals surface area contributed by atoms with Gasteiger partial charge in [-0.25, -0.2) is 9.69 Å². The lowest BCUT2D eigenvalue weighted by Crippen LogP contribution is -2.48. The van der Waals surface area contributed by atoms with Crippen LogP contribution >= 0.6 is 0 Å². The van der Waals surface area contributed by atoms with E-state index in [9.17, 15) is 9.59 Å². The molecule has 0 spiro atoms. The molecule has 2 rings (SSSR count). The summed E-state index contributed by atoms with van der Waals surface area (Å²) in [5, 5.41) is 0. The van der Waals surface area contributed by atoms with Crippen molar-refractivity contribution in [3.63, 3.8) is 0 Å². The highest BCUT2D eigenvalue weighted by molar-refractivity contribution is 5.91. The Morgan fingerprint density at radius 1 is 1.69 bits per heavy atom. The molecule has 1 aliphatic heterocycles. The van der Waals surface area contributed by atoms with Gasteiger partial charge in [0.15, 0.2) is 0 Å². The molecule has 1 aliphatic carbocycles. The third kappa shape index (κ3) is 1.32. The van der Waals surface area contributed by atoms with Crippen LogP contribution in [0.15, 0.2) is 12.2 Å². The molecule has 4 heteroatoms. The molecule has 1 saturated heterocycles. The number of hydrogen-bond donors (Lipinski definition) is 0. The zero-order valence-electron chi connectivity index (χ0n) is 7.40. The number of rotatable bonds is 0. The number of imide groups is 1. The summed E-state index contributed by atoms with van der Waals surface area (Å²) in [6, 6.07) is 0. The van der Waals surface area contributed by atoms with Gasteiger partial charge in [-0.15, -0.1) is 0 Å². The van der Waals surface area contributed by atoms with Crippen LogP contribution in [0.1, 0.15) is 13.3 Å². The summed E-state index contributed by atoms with van der Waals surface area (Å²) in [6.07, 6.45) is 4.24. The molecule has 2 aliphatic rings. The Morgan fingerprint density at radius 2 is 2.46 bits per heavy atom. The molecule has 1 heterocycles. The number of amides is 2. The Kier molecular flexibility index (Phi) is 1.83. The standard InChI is InChI=1S/C9H11NO3/c1-6(11)10-5-7-3-2-4-8(7)13-9(10)12/h2-3,7-8H,4-5H2,1H3/t7-,8-/m0/s1. The van der Waals surface area contributed by atoms with Gasteiger partial charge in [0.2, 0.25) is 5.91 Å².